The van der Waals surface area contributed by atoms with Crippen LogP contribution in [-0.4, -0.2) is 20.6 Å². The van der Waals surface area contributed by atoms with Crippen LogP contribution in [0.2, 0.25) is 0 Å². The second-order valence-electron chi connectivity index (χ2n) is 6.30. The summed E-state index contributed by atoms with van der Waals surface area (Å²) in [5, 5.41) is 11.7. The molecule has 1 atom stereocenters. The fourth-order valence-corrected chi connectivity index (χ4v) is 3.91. The average Bonchev–Trinajstić information content (AvgIpc) is 3.31. The zero-order valence-electron chi connectivity index (χ0n) is 14.7. The quantitative estimate of drug-likeness (QED) is 0.569. The number of thiophene rings is 1. The normalized spacial score (nSPS) is 12.4. The van der Waals surface area contributed by atoms with Crippen LogP contribution in [0.3, 0.4) is 0 Å². The highest BCUT2D eigenvalue weighted by Crippen LogP contribution is 2.33. The van der Waals surface area contributed by atoms with Crippen molar-refractivity contribution < 1.29 is 14.3 Å². The van der Waals surface area contributed by atoms with E-state index in [0.29, 0.717) is 32.9 Å². The van der Waals surface area contributed by atoms with Gasteiger partial charge in [0.25, 0.3) is 5.56 Å². The highest BCUT2D eigenvalue weighted by Gasteiger charge is 2.24. The van der Waals surface area contributed by atoms with Crippen LogP contribution >= 0.6 is 11.3 Å². The summed E-state index contributed by atoms with van der Waals surface area (Å²) in [6, 6.07) is 9.94. The van der Waals surface area contributed by atoms with Gasteiger partial charge < -0.3 is 9.52 Å². The number of rotatable bonds is 4. The summed E-state index contributed by atoms with van der Waals surface area (Å²) >= 11 is 1.34. The van der Waals surface area contributed by atoms with Crippen molar-refractivity contribution in [3.8, 4) is 22.7 Å². The van der Waals surface area contributed by atoms with Crippen LogP contribution in [0.15, 0.2) is 57.3 Å². The van der Waals surface area contributed by atoms with Crippen molar-refractivity contribution >= 4 is 27.5 Å². The lowest BCUT2D eigenvalue weighted by Crippen LogP contribution is -2.30. The minimum Gasteiger partial charge on any atom is -0.480 e. The summed E-state index contributed by atoms with van der Waals surface area (Å²) in [4.78, 5) is 30.2. The summed E-state index contributed by atoms with van der Waals surface area (Å²) in [6.07, 6.45) is 1.53. The molecular formula is C20H16N2O4S. The first-order chi connectivity index (χ1) is 13.0. The van der Waals surface area contributed by atoms with Gasteiger partial charge in [0, 0.05) is 16.5 Å². The number of hydrogen-bond donors (Lipinski definition) is 1. The number of carbonyl (C=O) groups is 1. The molecular weight excluding hydrogens is 364 g/mol. The lowest BCUT2D eigenvalue weighted by molar-refractivity contribution is -0.140. The molecule has 0 fully saturated rings. The van der Waals surface area contributed by atoms with Crippen molar-refractivity contribution in [3.05, 3.63) is 64.0 Å². The van der Waals surface area contributed by atoms with Crippen LogP contribution in [-0.2, 0) is 4.79 Å². The standard InChI is InChI=1S/C20H16N2O4S/c1-11-5-7-13(8-6-11)17-21-18-16(19(23)22(17)12(2)20(24)25)14(10-27-18)15-4-3-9-26-15/h3-10,12H,1-2H3,(H,24,25). The van der Waals surface area contributed by atoms with Gasteiger partial charge in [0.2, 0.25) is 0 Å². The van der Waals surface area contributed by atoms with Gasteiger partial charge in [-0.15, -0.1) is 11.3 Å². The Labute approximate surface area is 158 Å². The van der Waals surface area contributed by atoms with Crippen LogP contribution in [0.4, 0.5) is 0 Å². The third-order valence-corrected chi connectivity index (χ3v) is 5.35. The Balaban J connectivity index is 2.06. The molecule has 0 saturated carbocycles. The summed E-state index contributed by atoms with van der Waals surface area (Å²) in [5.74, 6) is -0.200. The number of carboxylic acids is 1. The monoisotopic (exact) mass is 380 g/mol. The second-order valence-corrected chi connectivity index (χ2v) is 7.16. The van der Waals surface area contributed by atoms with Crippen LogP contribution in [0.25, 0.3) is 32.9 Å². The number of carboxylic acid groups (broad SMARTS) is 1. The SMILES string of the molecule is Cc1ccc(-c2nc3scc(-c4ccco4)c3c(=O)n2C(C)C(=O)O)cc1. The van der Waals surface area contributed by atoms with E-state index in [1.165, 1.54) is 29.1 Å². The van der Waals surface area contributed by atoms with E-state index < -0.39 is 17.6 Å². The Hall–Kier alpha value is -3.19. The lowest BCUT2D eigenvalue weighted by Gasteiger charge is -2.16. The third kappa shape index (κ3) is 2.86. The predicted octanol–water partition coefficient (Wildman–Crippen LogP) is 4.34. The molecule has 0 aliphatic rings. The van der Waals surface area contributed by atoms with Gasteiger partial charge in [-0.2, -0.15) is 0 Å². The number of fused-ring (bicyclic) bond motifs is 1. The Kier molecular flexibility index (Phi) is 4.16. The summed E-state index contributed by atoms with van der Waals surface area (Å²) in [5.41, 5.74) is 1.99. The molecule has 3 aromatic heterocycles. The molecule has 0 aliphatic heterocycles. The molecule has 3 heterocycles. The molecule has 4 aromatic rings. The zero-order valence-corrected chi connectivity index (χ0v) is 15.5. The van der Waals surface area contributed by atoms with E-state index in [4.69, 9.17) is 4.42 Å². The molecule has 27 heavy (non-hydrogen) atoms. The van der Waals surface area contributed by atoms with Crippen LogP contribution in [0.5, 0.6) is 0 Å². The topological polar surface area (TPSA) is 85.3 Å². The molecule has 4 rings (SSSR count). The summed E-state index contributed by atoms with van der Waals surface area (Å²) in [7, 11) is 0. The minimum atomic E-state index is -1.10. The van der Waals surface area contributed by atoms with Gasteiger partial charge in [0.05, 0.1) is 11.6 Å². The summed E-state index contributed by atoms with van der Waals surface area (Å²) < 4.78 is 6.68. The van der Waals surface area contributed by atoms with Crippen LogP contribution in [0.1, 0.15) is 18.5 Å². The van der Waals surface area contributed by atoms with Crippen molar-refractivity contribution in [3.63, 3.8) is 0 Å². The number of hydrogen-bond acceptors (Lipinski definition) is 5. The van der Waals surface area contributed by atoms with Gasteiger partial charge >= 0.3 is 5.97 Å². The van der Waals surface area contributed by atoms with Crippen molar-refractivity contribution in [2.24, 2.45) is 0 Å². The number of furan rings is 1. The molecule has 0 bridgehead atoms. The zero-order chi connectivity index (χ0) is 19.1. The van der Waals surface area contributed by atoms with Crippen LogP contribution < -0.4 is 5.56 Å². The van der Waals surface area contributed by atoms with Crippen molar-refractivity contribution in [1.29, 1.82) is 0 Å². The first kappa shape index (κ1) is 17.2. The van der Waals surface area contributed by atoms with Gasteiger partial charge in [-0.1, -0.05) is 29.8 Å². The lowest BCUT2D eigenvalue weighted by atomic mass is 10.1. The van der Waals surface area contributed by atoms with Gasteiger partial charge in [-0.05, 0) is 26.0 Å². The van der Waals surface area contributed by atoms with E-state index in [9.17, 15) is 14.7 Å². The van der Waals surface area contributed by atoms with Gasteiger partial charge in [-0.3, -0.25) is 9.36 Å². The molecule has 6 nitrogen and oxygen atoms in total. The van der Waals surface area contributed by atoms with Crippen molar-refractivity contribution in [2.75, 3.05) is 0 Å². The first-order valence-corrected chi connectivity index (χ1v) is 9.23. The third-order valence-electron chi connectivity index (χ3n) is 4.48. The van der Waals surface area contributed by atoms with Gasteiger partial charge in [-0.25, -0.2) is 9.78 Å². The highest BCUT2D eigenvalue weighted by molar-refractivity contribution is 7.17. The Morgan fingerprint density at radius 1 is 1.26 bits per heavy atom. The van der Waals surface area contributed by atoms with E-state index >= 15 is 0 Å². The van der Waals surface area contributed by atoms with Crippen molar-refractivity contribution in [2.45, 2.75) is 19.9 Å². The Morgan fingerprint density at radius 3 is 2.63 bits per heavy atom. The predicted molar refractivity (Wildman–Crippen MR) is 104 cm³/mol. The Morgan fingerprint density at radius 2 is 2.00 bits per heavy atom. The smallest absolute Gasteiger partial charge is 0.326 e. The fraction of sp³-hybridized carbons (Fsp3) is 0.150. The maximum absolute atomic E-state index is 13.3. The van der Waals surface area contributed by atoms with E-state index in [-0.39, 0.29) is 0 Å². The number of aryl methyl sites for hydroxylation is 1. The average molecular weight is 380 g/mol. The maximum Gasteiger partial charge on any atom is 0.326 e. The van der Waals surface area contributed by atoms with E-state index in [0.717, 1.165) is 5.56 Å². The maximum atomic E-state index is 13.3. The van der Waals surface area contributed by atoms with Gasteiger partial charge in [0.15, 0.2) is 0 Å². The number of aliphatic carboxylic acids is 1. The molecule has 1 N–H and O–H groups in total. The van der Waals surface area contributed by atoms with Crippen LogP contribution in [0, 0.1) is 6.92 Å². The Bertz CT molecular complexity index is 1190. The highest BCUT2D eigenvalue weighted by atomic mass is 32.1. The molecule has 1 unspecified atom stereocenters. The van der Waals surface area contributed by atoms with E-state index in [2.05, 4.69) is 4.98 Å². The summed E-state index contributed by atoms with van der Waals surface area (Å²) in [6.45, 7) is 3.44. The van der Waals surface area contributed by atoms with Gasteiger partial charge in [0.1, 0.15) is 22.5 Å². The number of nitrogens with zero attached hydrogens (tertiary/aromatic N) is 2. The molecule has 0 saturated heterocycles. The molecule has 136 valence electrons. The molecule has 0 radical (unpaired) electrons. The molecule has 0 spiro atoms. The largest absolute Gasteiger partial charge is 0.480 e. The number of aromatic nitrogens is 2. The minimum absolute atomic E-state index is 0.343. The second kappa shape index (κ2) is 6.51. The van der Waals surface area contributed by atoms with Crippen molar-refractivity contribution in [1.82, 2.24) is 9.55 Å². The van der Waals surface area contributed by atoms with E-state index in [1.54, 1.807) is 12.1 Å². The molecule has 1 aromatic carbocycles. The molecule has 0 aliphatic carbocycles. The molecule has 0 amide bonds. The fourth-order valence-electron chi connectivity index (χ4n) is 2.99. The first-order valence-electron chi connectivity index (χ1n) is 8.35. The van der Waals surface area contributed by atoms with E-state index in [1.807, 2.05) is 36.6 Å². The number of benzene rings is 1. The molecule has 7 heteroatoms.